The van der Waals surface area contributed by atoms with Gasteiger partial charge in [0.2, 0.25) is 0 Å². The molecule has 0 unspecified atom stereocenters. The van der Waals surface area contributed by atoms with E-state index in [1.54, 1.807) is 29.6 Å². The molecule has 0 saturated heterocycles. The molecule has 0 fully saturated rings. The van der Waals surface area contributed by atoms with Crippen LogP contribution in [0.25, 0.3) is 36.0 Å². The maximum absolute atomic E-state index is 9.48. The van der Waals surface area contributed by atoms with Crippen LogP contribution in [-0.2, 0) is 5.41 Å². The van der Waals surface area contributed by atoms with Crippen LogP contribution in [-0.4, -0.2) is 46.7 Å². The summed E-state index contributed by atoms with van der Waals surface area (Å²) in [6.07, 6.45) is 1.85. The molecule has 4 aliphatic rings. The van der Waals surface area contributed by atoms with E-state index >= 15 is 0 Å². The molecule has 5 aromatic rings. The maximum atomic E-state index is 9.48. The number of hydrogen-bond acceptors (Lipinski definition) is 11. The van der Waals surface area contributed by atoms with Gasteiger partial charge in [-0.05, 0) is 47.9 Å². The minimum atomic E-state index is -0.190. The smallest absolute Gasteiger partial charge is 0.181 e. The van der Waals surface area contributed by atoms with Crippen molar-refractivity contribution in [2.45, 2.75) is 26.2 Å². The molecule has 49 heavy (non-hydrogen) atoms. The molecule has 0 bridgehead atoms. The molecule has 3 aromatic heterocycles. The van der Waals surface area contributed by atoms with Crippen molar-refractivity contribution in [3.63, 3.8) is 0 Å². The first kappa shape index (κ1) is 30.4. The van der Waals surface area contributed by atoms with Gasteiger partial charge in [0, 0.05) is 29.4 Å². The summed E-state index contributed by atoms with van der Waals surface area (Å²) in [7, 11) is 2.14. The van der Waals surface area contributed by atoms with Gasteiger partial charge in [-0.3, -0.25) is 0 Å². The Kier molecular flexibility index (Phi) is 7.13. The molecule has 4 aliphatic heterocycles. The van der Waals surface area contributed by atoms with Gasteiger partial charge in [0.25, 0.3) is 0 Å². The van der Waals surface area contributed by atoms with E-state index in [2.05, 4.69) is 74.3 Å². The first-order valence-corrected chi connectivity index (χ1v) is 18.6. The van der Waals surface area contributed by atoms with Crippen LogP contribution in [0.4, 0.5) is 11.4 Å². The largest absolute Gasteiger partial charge is 0.485 e. The van der Waals surface area contributed by atoms with E-state index in [1.807, 2.05) is 6.08 Å². The summed E-state index contributed by atoms with van der Waals surface area (Å²) in [6.45, 7) is 9.11. The van der Waals surface area contributed by atoms with Crippen molar-refractivity contribution in [2.75, 3.05) is 51.6 Å². The lowest BCUT2D eigenvalue weighted by Gasteiger charge is -2.40. The van der Waals surface area contributed by atoms with E-state index < -0.39 is 0 Å². The predicted molar refractivity (Wildman–Crippen MR) is 195 cm³/mol. The average molecular weight is 709 g/mol. The SMILES string of the molecule is C/C(C#N)=C/c1sc(-c2sc(-c3sc(-c4ccc5c(c4)C(C)(C)c4ccccc4N5C)c4c3OCCO4)c3c2OCCO3)c2c1OCCO2. The van der Waals surface area contributed by atoms with Gasteiger partial charge in [0.15, 0.2) is 34.5 Å². The number of thiophene rings is 3. The Balaban J connectivity index is 1.20. The molecular formula is C38H32N2O6S3. The minimum Gasteiger partial charge on any atom is -0.485 e. The molecule has 9 rings (SSSR count). The van der Waals surface area contributed by atoms with Crippen LogP contribution in [0.5, 0.6) is 34.5 Å². The van der Waals surface area contributed by atoms with Crippen molar-refractivity contribution in [3.8, 4) is 70.5 Å². The quantitative estimate of drug-likeness (QED) is 0.171. The normalized spacial score (nSPS) is 16.9. The lowest BCUT2D eigenvalue weighted by Crippen LogP contribution is -2.30. The Morgan fingerprint density at radius 1 is 0.673 bits per heavy atom. The maximum Gasteiger partial charge on any atom is 0.181 e. The highest BCUT2D eigenvalue weighted by Crippen LogP contribution is 2.64. The second-order valence-electron chi connectivity index (χ2n) is 12.8. The zero-order valence-corrected chi connectivity index (χ0v) is 29.9. The van der Waals surface area contributed by atoms with Crippen molar-refractivity contribution < 1.29 is 28.4 Å². The Labute approximate surface area is 296 Å². The van der Waals surface area contributed by atoms with Crippen LogP contribution in [0.1, 0.15) is 36.8 Å². The van der Waals surface area contributed by atoms with E-state index in [0.717, 1.165) is 46.3 Å². The zero-order valence-electron chi connectivity index (χ0n) is 27.4. The molecule has 2 aromatic carbocycles. The highest BCUT2D eigenvalue weighted by atomic mass is 32.1. The molecule has 0 spiro atoms. The Hall–Kier alpha value is -4.63. The molecular weight excluding hydrogens is 677 g/mol. The minimum absolute atomic E-state index is 0.190. The molecule has 0 aliphatic carbocycles. The number of allylic oxidation sites excluding steroid dienone is 1. The number of hydrogen-bond donors (Lipinski definition) is 0. The second-order valence-corrected chi connectivity index (χ2v) is 15.8. The molecule has 0 saturated carbocycles. The molecule has 0 N–H and O–H groups in total. The van der Waals surface area contributed by atoms with E-state index in [9.17, 15) is 5.26 Å². The Bertz CT molecular complexity index is 2240. The number of benzene rings is 2. The van der Waals surface area contributed by atoms with Gasteiger partial charge in [-0.1, -0.05) is 38.1 Å². The molecule has 0 radical (unpaired) electrons. The summed E-state index contributed by atoms with van der Waals surface area (Å²) in [5.74, 6) is 4.22. The van der Waals surface area contributed by atoms with Crippen molar-refractivity contribution >= 4 is 51.5 Å². The fraction of sp³-hybridized carbons (Fsp3) is 0.289. The summed E-state index contributed by atoms with van der Waals surface area (Å²) in [5.41, 5.74) is 6.48. The van der Waals surface area contributed by atoms with Gasteiger partial charge in [0.05, 0.1) is 35.3 Å². The first-order chi connectivity index (χ1) is 23.8. The van der Waals surface area contributed by atoms with Gasteiger partial charge in [-0.2, -0.15) is 5.26 Å². The van der Waals surface area contributed by atoms with Gasteiger partial charge in [-0.15, -0.1) is 34.0 Å². The van der Waals surface area contributed by atoms with Gasteiger partial charge >= 0.3 is 0 Å². The summed E-state index contributed by atoms with van der Waals surface area (Å²) in [5, 5.41) is 9.48. The Morgan fingerprint density at radius 3 is 1.78 bits per heavy atom. The molecule has 8 nitrogen and oxygen atoms in total. The lowest BCUT2D eigenvalue weighted by atomic mass is 9.73. The van der Waals surface area contributed by atoms with Gasteiger partial charge in [0.1, 0.15) is 39.6 Å². The van der Waals surface area contributed by atoms with Crippen molar-refractivity contribution in [2.24, 2.45) is 0 Å². The van der Waals surface area contributed by atoms with Crippen LogP contribution in [0.15, 0.2) is 48.0 Å². The molecule has 0 amide bonds. The van der Waals surface area contributed by atoms with Gasteiger partial charge in [-0.25, -0.2) is 0 Å². The standard InChI is InChI=1S/C38H32N2O6S3/c1-20(19-39)17-26-27-28(42-12-11-41-27)34(47-26)35-31-32(46-16-15-45-31)37(49-35)36-30-29(43-13-14-44-30)33(48-36)21-9-10-25-23(18-21)38(2,3)22-7-5-6-8-24(22)40(25)4/h5-10,17-18H,11-16H2,1-4H3/b20-17-. The van der Waals surface area contributed by atoms with E-state index in [-0.39, 0.29) is 5.41 Å². The molecule has 0 atom stereocenters. The number of fused-ring (bicyclic) bond motifs is 5. The lowest BCUT2D eigenvalue weighted by molar-refractivity contribution is 0.171. The Morgan fingerprint density at radius 2 is 1.16 bits per heavy atom. The second kappa shape index (κ2) is 11.5. The monoisotopic (exact) mass is 708 g/mol. The fourth-order valence-electron chi connectivity index (χ4n) is 7.03. The van der Waals surface area contributed by atoms with E-state index in [1.165, 1.54) is 33.8 Å². The summed E-state index contributed by atoms with van der Waals surface area (Å²) >= 11 is 4.79. The number of nitrogens with zero attached hydrogens (tertiary/aromatic N) is 2. The van der Waals surface area contributed by atoms with Crippen molar-refractivity contribution in [1.29, 1.82) is 5.26 Å². The zero-order chi connectivity index (χ0) is 33.4. The highest BCUT2D eigenvalue weighted by molar-refractivity contribution is 7.28. The van der Waals surface area contributed by atoms with Crippen LogP contribution in [0, 0.1) is 11.3 Å². The van der Waals surface area contributed by atoms with Crippen LogP contribution < -0.4 is 33.3 Å². The number of rotatable bonds is 4. The summed E-state index contributed by atoms with van der Waals surface area (Å²) < 4.78 is 37.7. The number of nitriles is 1. The molecule has 7 heterocycles. The number of para-hydroxylation sites is 1. The topological polar surface area (TPSA) is 82.4 Å². The third-order valence-corrected chi connectivity index (χ3v) is 13.2. The summed E-state index contributed by atoms with van der Waals surface area (Å²) in [6, 6.07) is 17.6. The van der Waals surface area contributed by atoms with Crippen molar-refractivity contribution in [1.82, 2.24) is 0 Å². The van der Waals surface area contributed by atoms with E-state index in [0.29, 0.717) is 68.2 Å². The van der Waals surface area contributed by atoms with Crippen molar-refractivity contribution in [3.05, 3.63) is 64.0 Å². The highest BCUT2D eigenvalue weighted by Gasteiger charge is 2.38. The first-order valence-electron chi connectivity index (χ1n) is 16.2. The van der Waals surface area contributed by atoms with E-state index in [4.69, 9.17) is 28.4 Å². The molecule has 11 heteroatoms. The number of anilines is 2. The average Bonchev–Trinajstić information content (AvgIpc) is 3.82. The third-order valence-electron chi connectivity index (χ3n) is 9.39. The van der Waals surface area contributed by atoms with Crippen LogP contribution >= 0.6 is 34.0 Å². The number of ether oxygens (including phenoxy) is 6. The summed E-state index contributed by atoms with van der Waals surface area (Å²) in [4.78, 5) is 7.84. The fourth-order valence-corrected chi connectivity index (χ4v) is 10.8. The molecule has 248 valence electrons. The predicted octanol–water partition coefficient (Wildman–Crippen LogP) is 9.52. The van der Waals surface area contributed by atoms with Crippen LogP contribution in [0.3, 0.4) is 0 Å². The van der Waals surface area contributed by atoms with Crippen LogP contribution in [0.2, 0.25) is 0 Å². The third kappa shape index (κ3) is 4.65. The van der Waals surface area contributed by atoms with Gasteiger partial charge < -0.3 is 33.3 Å².